The zero-order chi connectivity index (χ0) is 10.1. The quantitative estimate of drug-likeness (QED) is 0.489. The van der Waals surface area contributed by atoms with E-state index < -0.39 is 18.7 Å². The Morgan fingerprint density at radius 1 is 1.54 bits per heavy atom. The third-order valence-corrected chi connectivity index (χ3v) is 1.69. The molecule has 78 valence electrons. The molecule has 2 N–H and O–H groups in total. The van der Waals surface area contributed by atoms with Crippen LogP contribution in [0.4, 0.5) is 4.39 Å². The zero-order valence-electron chi connectivity index (χ0n) is 8.09. The Bertz CT molecular complexity index is 142. The van der Waals surface area contributed by atoms with Crippen LogP contribution in [-0.2, 0) is 9.53 Å². The van der Waals surface area contributed by atoms with E-state index in [1.54, 1.807) is 0 Å². The van der Waals surface area contributed by atoms with E-state index in [1.807, 2.05) is 6.92 Å². The second-order valence-corrected chi connectivity index (χ2v) is 2.96. The summed E-state index contributed by atoms with van der Waals surface area (Å²) in [6.45, 7) is 1.70. The van der Waals surface area contributed by atoms with Gasteiger partial charge in [0.05, 0.1) is 13.3 Å². The third-order valence-electron chi connectivity index (χ3n) is 1.69. The van der Waals surface area contributed by atoms with E-state index in [-0.39, 0.29) is 13.0 Å². The number of alkyl halides is 1. The van der Waals surface area contributed by atoms with E-state index in [0.717, 1.165) is 12.8 Å². The van der Waals surface area contributed by atoms with Crippen LogP contribution in [0.5, 0.6) is 0 Å². The van der Waals surface area contributed by atoms with Gasteiger partial charge in [-0.2, -0.15) is 0 Å². The molecule has 0 spiro atoms. The summed E-state index contributed by atoms with van der Waals surface area (Å²) in [5.41, 5.74) is 5.52. The Morgan fingerprint density at radius 3 is 2.77 bits per heavy atom. The number of carbonyl (C=O) groups is 1. The van der Waals surface area contributed by atoms with Crippen LogP contribution in [0.2, 0.25) is 0 Å². The highest BCUT2D eigenvalue weighted by atomic mass is 19.1. The minimum absolute atomic E-state index is 0.134. The highest BCUT2D eigenvalue weighted by Gasteiger charge is 2.13. The largest absolute Gasteiger partial charge is 0.464 e. The lowest BCUT2D eigenvalue weighted by molar-refractivity contribution is -0.145. The maximum atomic E-state index is 11.6. The summed E-state index contributed by atoms with van der Waals surface area (Å²) < 4.78 is 16.4. The van der Waals surface area contributed by atoms with Crippen LogP contribution in [0.25, 0.3) is 0 Å². The fourth-order valence-electron chi connectivity index (χ4n) is 0.876. The lowest BCUT2D eigenvalue weighted by Gasteiger charge is -2.09. The summed E-state index contributed by atoms with van der Waals surface area (Å²) in [6.07, 6.45) is 2.82. The van der Waals surface area contributed by atoms with Gasteiger partial charge in [0, 0.05) is 6.42 Å². The summed E-state index contributed by atoms with van der Waals surface area (Å²) in [6, 6.07) is -0.542. The average molecular weight is 191 g/mol. The van der Waals surface area contributed by atoms with Crippen molar-refractivity contribution in [3.8, 4) is 0 Å². The standard InChI is InChI=1S/C9H18FNO2/c1-2-3-5-8(11)9(12)13-7-4-6-10/h8H,2-7,11H2,1H3. The molecule has 0 aliphatic carbocycles. The van der Waals surface area contributed by atoms with Crippen LogP contribution in [0.1, 0.15) is 32.6 Å². The van der Waals surface area contributed by atoms with Crippen molar-refractivity contribution in [3.63, 3.8) is 0 Å². The van der Waals surface area contributed by atoms with Crippen molar-refractivity contribution >= 4 is 5.97 Å². The first-order chi connectivity index (χ1) is 6.22. The van der Waals surface area contributed by atoms with Crippen molar-refractivity contribution in [2.24, 2.45) is 5.73 Å². The van der Waals surface area contributed by atoms with Crippen LogP contribution in [0, 0.1) is 0 Å². The molecule has 0 radical (unpaired) electrons. The number of carbonyl (C=O) groups excluding carboxylic acids is 1. The van der Waals surface area contributed by atoms with Crippen LogP contribution >= 0.6 is 0 Å². The van der Waals surface area contributed by atoms with Gasteiger partial charge in [-0.25, -0.2) is 0 Å². The minimum atomic E-state index is -0.542. The Balaban J connectivity index is 3.45. The summed E-state index contributed by atoms with van der Waals surface area (Å²) in [5.74, 6) is -0.415. The first kappa shape index (κ1) is 12.4. The Morgan fingerprint density at radius 2 is 2.23 bits per heavy atom. The number of hydrogen-bond donors (Lipinski definition) is 1. The molecule has 0 aliphatic rings. The van der Waals surface area contributed by atoms with Crippen LogP contribution < -0.4 is 5.73 Å². The predicted octanol–water partition coefficient (Wildman–Crippen LogP) is 1.41. The molecule has 0 heterocycles. The molecule has 0 aromatic rings. The van der Waals surface area contributed by atoms with Gasteiger partial charge in [-0.1, -0.05) is 19.8 Å². The van der Waals surface area contributed by atoms with E-state index in [4.69, 9.17) is 10.5 Å². The highest BCUT2D eigenvalue weighted by molar-refractivity contribution is 5.75. The predicted molar refractivity (Wildman–Crippen MR) is 49.1 cm³/mol. The van der Waals surface area contributed by atoms with Crippen molar-refractivity contribution in [2.45, 2.75) is 38.6 Å². The fraction of sp³-hybridized carbons (Fsp3) is 0.889. The Kier molecular flexibility index (Phi) is 7.59. The molecule has 1 atom stereocenters. The first-order valence-electron chi connectivity index (χ1n) is 4.70. The molecule has 0 rings (SSSR count). The maximum absolute atomic E-state index is 11.6. The Hall–Kier alpha value is -0.640. The van der Waals surface area contributed by atoms with E-state index >= 15 is 0 Å². The van der Waals surface area contributed by atoms with Gasteiger partial charge in [-0.15, -0.1) is 0 Å². The molecule has 13 heavy (non-hydrogen) atoms. The topological polar surface area (TPSA) is 52.3 Å². The lowest BCUT2D eigenvalue weighted by Crippen LogP contribution is -2.32. The highest BCUT2D eigenvalue weighted by Crippen LogP contribution is 2.00. The average Bonchev–Trinajstić information content (AvgIpc) is 2.14. The van der Waals surface area contributed by atoms with Gasteiger partial charge in [-0.05, 0) is 6.42 Å². The van der Waals surface area contributed by atoms with Crippen LogP contribution in [0.3, 0.4) is 0 Å². The van der Waals surface area contributed by atoms with Crippen LogP contribution in [-0.4, -0.2) is 25.3 Å². The second-order valence-electron chi connectivity index (χ2n) is 2.96. The SMILES string of the molecule is CCCCC(N)C(=O)OCCCF. The summed E-state index contributed by atoms with van der Waals surface area (Å²) in [5, 5.41) is 0. The number of unbranched alkanes of at least 4 members (excludes halogenated alkanes) is 1. The molecule has 0 amide bonds. The number of esters is 1. The van der Waals surface area contributed by atoms with Crippen LogP contribution in [0.15, 0.2) is 0 Å². The molecule has 0 saturated carbocycles. The monoisotopic (exact) mass is 191 g/mol. The summed E-state index contributed by atoms with van der Waals surface area (Å²) in [7, 11) is 0. The molecule has 0 aliphatic heterocycles. The van der Waals surface area contributed by atoms with E-state index in [9.17, 15) is 9.18 Å². The molecular formula is C9H18FNO2. The van der Waals surface area contributed by atoms with E-state index in [2.05, 4.69) is 0 Å². The lowest BCUT2D eigenvalue weighted by atomic mass is 10.1. The minimum Gasteiger partial charge on any atom is -0.464 e. The van der Waals surface area contributed by atoms with Gasteiger partial charge in [0.2, 0.25) is 0 Å². The number of nitrogens with two attached hydrogens (primary N) is 1. The van der Waals surface area contributed by atoms with Crippen molar-refractivity contribution < 1.29 is 13.9 Å². The normalized spacial score (nSPS) is 12.5. The number of halogens is 1. The van der Waals surface area contributed by atoms with Gasteiger partial charge in [0.25, 0.3) is 0 Å². The van der Waals surface area contributed by atoms with E-state index in [0.29, 0.717) is 6.42 Å². The zero-order valence-corrected chi connectivity index (χ0v) is 8.09. The molecule has 0 bridgehead atoms. The first-order valence-corrected chi connectivity index (χ1v) is 4.70. The van der Waals surface area contributed by atoms with E-state index in [1.165, 1.54) is 0 Å². The fourth-order valence-corrected chi connectivity index (χ4v) is 0.876. The second kappa shape index (κ2) is 7.98. The molecule has 1 unspecified atom stereocenters. The van der Waals surface area contributed by atoms with Crippen molar-refractivity contribution in [3.05, 3.63) is 0 Å². The molecule has 0 saturated heterocycles. The van der Waals surface area contributed by atoms with Gasteiger partial charge >= 0.3 is 5.97 Å². The molecule has 0 fully saturated rings. The number of rotatable bonds is 7. The summed E-state index contributed by atoms with van der Waals surface area (Å²) in [4.78, 5) is 11.1. The maximum Gasteiger partial charge on any atom is 0.322 e. The molecule has 3 nitrogen and oxygen atoms in total. The van der Waals surface area contributed by atoms with Gasteiger partial charge < -0.3 is 10.5 Å². The molecular weight excluding hydrogens is 173 g/mol. The number of hydrogen-bond acceptors (Lipinski definition) is 3. The van der Waals surface area contributed by atoms with Crippen molar-refractivity contribution in [1.82, 2.24) is 0 Å². The van der Waals surface area contributed by atoms with Gasteiger partial charge in [0.15, 0.2) is 0 Å². The van der Waals surface area contributed by atoms with Crippen molar-refractivity contribution in [2.75, 3.05) is 13.3 Å². The van der Waals surface area contributed by atoms with Gasteiger partial charge in [-0.3, -0.25) is 9.18 Å². The summed E-state index contributed by atoms with van der Waals surface area (Å²) >= 11 is 0. The Labute approximate surface area is 78.4 Å². The smallest absolute Gasteiger partial charge is 0.322 e. The molecule has 0 aromatic carbocycles. The van der Waals surface area contributed by atoms with Gasteiger partial charge in [0.1, 0.15) is 6.04 Å². The molecule has 4 heteroatoms. The third kappa shape index (κ3) is 6.51. The molecule has 0 aromatic heterocycles. The van der Waals surface area contributed by atoms with Crippen molar-refractivity contribution in [1.29, 1.82) is 0 Å². The number of ether oxygens (including phenoxy) is 1.